The molecule has 1 aromatic rings. The third-order valence-electron chi connectivity index (χ3n) is 7.13. The van der Waals surface area contributed by atoms with Crippen molar-refractivity contribution in [2.45, 2.75) is 49.9 Å². The number of benzene rings is 1. The van der Waals surface area contributed by atoms with Crippen LogP contribution in [0.3, 0.4) is 0 Å². The normalized spacial score (nSPS) is 29.7. The molecule has 1 aromatic carbocycles. The van der Waals surface area contributed by atoms with Gasteiger partial charge in [0.1, 0.15) is 18.0 Å². The van der Waals surface area contributed by atoms with Gasteiger partial charge in [0.05, 0.1) is 32.3 Å². The Kier molecular flexibility index (Phi) is 6.82. The van der Waals surface area contributed by atoms with Gasteiger partial charge < -0.3 is 34.3 Å². The summed E-state index contributed by atoms with van der Waals surface area (Å²) in [5, 5.41) is 13.0. The van der Waals surface area contributed by atoms with Crippen LogP contribution in [0.15, 0.2) is 18.2 Å². The van der Waals surface area contributed by atoms with Crippen LogP contribution in [0.4, 0.5) is 5.69 Å². The van der Waals surface area contributed by atoms with E-state index >= 15 is 0 Å². The maximum absolute atomic E-state index is 12.8. The summed E-state index contributed by atoms with van der Waals surface area (Å²) in [6.07, 6.45) is 1.27. The number of carbonyl (C=O) groups excluding carboxylic acids is 2. The van der Waals surface area contributed by atoms with Gasteiger partial charge in [-0.1, -0.05) is 0 Å². The number of aliphatic hydroxyl groups is 1. The molecular weight excluding hydrogens is 428 g/mol. The van der Waals surface area contributed by atoms with Crippen LogP contribution in [-0.4, -0.2) is 86.3 Å². The molecule has 0 aliphatic carbocycles. The fourth-order valence-corrected chi connectivity index (χ4v) is 5.31. The van der Waals surface area contributed by atoms with Crippen molar-refractivity contribution in [3.05, 3.63) is 23.8 Å². The van der Waals surface area contributed by atoms with Crippen molar-refractivity contribution in [1.82, 2.24) is 4.90 Å². The van der Waals surface area contributed by atoms with Crippen LogP contribution in [-0.2, 0) is 23.8 Å². The van der Waals surface area contributed by atoms with Crippen LogP contribution < -0.4 is 10.1 Å². The smallest absolute Gasteiger partial charge is 0.227 e. The van der Waals surface area contributed by atoms with Gasteiger partial charge in [-0.25, -0.2) is 0 Å². The number of hydrogen-bond acceptors (Lipinski definition) is 7. The Morgan fingerprint density at radius 3 is 2.61 bits per heavy atom. The Labute approximate surface area is 193 Å². The van der Waals surface area contributed by atoms with Gasteiger partial charge in [0.15, 0.2) is 0 Å². The van der Waals surface area contributed by atoms with Crippen LogP contribution in [0, 0.1) is 5.92 Å². The van der Waals surface area contributed by atoms with Crippen LogP contribution >= 0.6 is 0 Å². The number of fused-ring (bicyclic) bond motifs is 3. The van der Waals surface area contributed by atoms with Crippen molar-refractivity contribution in [3.63, 3.8) is 0 Å². The van der Waals surface area contributed by atoms with E-state index in [2.05, 4.69) is 5.32 Å². The molecule has 0 spiro atoms. The Morgan fingerprint density at radius 2 is 1.85 bits per heavy atom. The highest BCUT2D eigenvalue weighted by molar-refractivity contribution is 5.92. The largest absolute Gasteiger partial charge is 0.487 e. The number of carbonyl (C=O) groups is 2. The van der Waals surface area contributed by atoms with Gasteiger partial charge in [0, 0.05) is 49.4 Å². The van der Waals surface area contributed by atoms with Crippen molar-refractivity contribution in [1.29, 1.82) is 0 Å². The summed E-state index contributed by atoms with van der Waals surface area (Å²) in [5.41, 5.74) is 1.73. The van der Waals surface area contributed by atoms with Gasteiger partial charge in [0.25, 0.3) is 0 Å². The lowest BCUT2D eigenvalue weighted by molar-refractivity contribution is -0.151. The van der Waals surface area contributed by atoms with Crippen LogP contribution in [0.5, 0.6) is 5.75 Å². The lowest BCUT2D eigenvalue weighted by Gasteiger charge is -2.38. The summed E-state index contributed by atoms with van der Waals surface area (Å²) in [6, 6.07) is 5.69. The molecule has 0 aromatic heterocycles. The minimum atomic E-state index is -0.501. The van der Waals surface area contributed by atoms with Crippen LogP contribution in [0.25, 0.3) is 0 Å². The lowest BCUT2D eigenvalue weighted by atomic mass is 9.84. The monoisotopic (exact) mass is 460 g/mol. The molecule has 3 fully saturated rings. The van der Waals surface area contributed by atoms with Gasteiger partial charge in [0.2, 0.25) is 11.8 Å². The average molecular weight is 461 g/mol. The molecule has 9 heteroatoms. The number of ether oxygens (including phenoxy) is 4. The zero-order valence-corrected chi connectivity index (χ0v) is 18.7. The van der Waals surface area contributed by atoms with Crippen molar-refractivity contribution in [2.24, 2.45) is 5.92 Å². The van der Waals surface area contributed by atoms with E-state index in [4.69, 9.17) is 18.9 Å². The molecule has 2 N–H and O–H groups in total. The van der Waals surface area contributed by atoms with E-state index in [1.165, 1.54) is 0 Å². The number of nitrogens with one attached hydrogen (secondary N) is 1. The number of aliphatic hydroxyl groups excluding tert-OH is 1. The Balaban J connectivity index is 1.28. The second kappa shape index (κ2) is 9.97. The first-order chi connectivity index (χ1) is 16.1. The Bertz CT molecular complexity index is 866. The fraction of sp³-hybridized carbons (Fsp3) is 0.667. The summed E-state index contributed by atoms with van der Waals surface area (Å²) in [5.74, 6) is 0.774. The molecule has 2 amide bonds. The maximum Gasteiger partial charge on any atom is 0.227 e. The second-order valence-electron chi connectivity index (χ2n) is 9.23. The molecule has 0 bridgehead atoms. The highest BCUT2D eigenvalue weighted by Crippen LogP contribution is 2.47. The second-order valence-corrected chi connectivity index (χ2v) is 9.23. The molecule has 5 rings (SSSR count). The molecule has 33 heavy (non-hydrogen) atoms. The van der Waals surface area contributed by atoms with Gasteiger partial charge in [-0.2, -0.15) is 0 Å². The van der Waals surface area contributed by atoms with Gasteiger partial charge in [-0.3, -0.25) is 9.59 Å². The topological polar surface area (TPSA) is 107 Å². The number of rotatable bonds is 5. The first kappa shape index (κ1) is 22.6. The van der Waals surface area contributed by atoms with Crippen LogP contribution in [0.2, 0.25) is 0 Å². The first-order valence-electron chi connectivity index (χ1n) is 11.9. The number of amides is 2. The highest BCUT2D eigenvalue weighted by Gasteiger charge is 2.46. The van der Waals surface area contributed by atoms with Crippen molar-refractivity contribution >= 4 is 17.5 Å². The summed E-state index contributed by atoms with van der Waals surface area (Å²) in [4.78, 5) is 27.3. The molecule has 3 saturated heterocycles. The summed E-state index contributed by atoms with van der Waals surface area (Å²) in [6.45, 7) is 3.38. The zero-order valence-electron chi connectivity index (χ0n) is 18.7. The molecule has 0 radical (unpaired) electrons. The summed E-state index contributed by atoms with van der Waals surface area (Å²) < 4.78 is 22.9. The SMILES string of the molecule is O=C(Nc1ccc2c(c1)[C@@H]1C[C@@H](CC(=O)N3CCOCC3)O[C@@H](CO)[C@@H]1O2)C1CCOCC1. The summed E-state index contributed by atoms with van der Waals surface area (Å²) >= 11 is 0. The number of hydrogen-bond donors (Lipinski definition) is 2. The molecule has 4 atom stereocenters. The quantitative estimate of drug-likeness (QED) is 0.682. The molecule has 4 heterocycles. The van der Waals surface area contributed by atoms with Crippen molar-refractivity contribution in [2.75, 3.05) is 51.4 Å². The van der Waals surface area contributed by atoms with E-state index in [0.29, 0.717) is 45.9 Å². The van der Waals surface area contributed by atoms with E-state index < -0.39 is 6.10 Å². The Morgan fingerprint density at radius 1 is 1.09 bits per heavy atom. The lowest BCUT2D eigenvalue weighted by Crippen LogP contribution is -2.48. The molecule has 0 unspecified atom stereocenters. The number of anilines is 1. The minimum Gasteiger partial charge on any atom is -0.487 e. The minimum absolute atomic E-state index is 0.00618. The third kappa shape index (κ3) is 4.87. The van der Waals surface area contributed by atoms with E-state index in [0.717, 1.165) is 29.8 Å². The average Bonchev–Trinajstić information content (AvgIpc) is 3.22. The predicted molar refractivity (Wildman–Crippen MR) is 118 cm³/mol. The highest BCUT2D eigenvalue weighted by atomic mass is 16.6. The van der Waals surface area contributed by atoms with Crippen molar-refractivity contribution < 1.29 is 33.6 Å². The fourth-order valence-electron chi connectivity index (χ4n) is 5.31. The summed E-state index contributed by atoms with van der Waals surface area (Å²) in [7, 11) is 0. The van der Waals surface area contributed by atoms with E-state index in [-0.39, 0.29) is 48.9 Å². The molecule has 4 aliphatic heterocycles. The van der Waals surface area contributed by atoms with Gasteiger partial charge in [-0.15, -0.1) is 0 Å². The Hall–Kier alpha value is -2.20. The van der Waals surface area contributed by atoms with Crippen LogP contribution in [0.1, 0.15) is 37.2 Å². The van der Waals surface area contributed by atoms with E-state index in [1.54, 1.807) is 0 Å². The van der Waals surface area contributed by atoms with Gasteiger partial charge in [-0.05, 0) is 37.5 Å². The molecular formula is C24H32N2O7. The predicted octanol–water partition coefficient (Wildman–Crippen LogP) is 1.29. The number of nitrogens with zero attached hydrogens (tertiary/aromatic N) is 1. The van der Waals surface area contributed by atoms with Crippen molar-refractivity contribution in [3.8, 4) is 5.75 Å². The van der Waals surface area contributed by atoms with E-state index in [9.17, 15) is 14.7 Å². The number of morpholine rings is 1. The maximum atomic E-state index is 12.8. The molecule has 4 aliphatic rings. The molecule has 180 valence electrons. The van der Waals surface area contributed by atoms with Gasteiger partial charge >= 0.3 is 0 Å². The standard InChI is InChI=1S/C24H32N2O7/c27-14-21-23-19(12-17(32-21)13-22(28)26-5-9-31-10-6-26)18-11-16(1-2-20(18)33-23)25-24(29)15-3-7-30-8-4-15/h1-2,11,15,17,19,21,23,27H,3-10,12-14H2,(H,25,29)/t17-,19-,21-,23+/m0/s1. The molecule has 9 nitrogen and oxygen atoms in total. The third-order valence-corrected chi connectivity index (χ3v) is 7.13. The zero-order chi connectivity index (χ0) is 22.8. The first-order valence-corrected chi connectivity index (χ1v) is 11.9. The van der Waals surface area contributed by atoms with E-state index in [1.807, 2.05) is 23.1 Å². The molecule has 0 saturated carbocycles.